The van der Waals surface area contributed by atoms with Crippen LogP contribution in [-0.4, -0.2) is 48.0 Å². The second-order valence-corrected chi connectivity index (χ2v) is 4.72. The molecule has 0 aromatic heterocycles. The van der Waals surface area contributed by atoms with E-state index in [1.54, 1.807) is 6.08 Å². The lowest BCUT2D eigenvalue weighted by atomic mass is 9.96. The molecular formula is C13H25N3O. The highest BCUT2D eigenvalue weighted by molar-refractivity contribution is 5.87. The summed E-state index contributed by atoms with van der Waals surface area (Å²) in [7, 11) is 2.04. The monoisotopic (exact) mass is 239 g/mol. The summed E-state index contributed by atoms with van der Waals surface area (Å²) < 4.78 is 0. The van der Waals surface area contributed by atoms with Gasteiger partial charge in [-0.2, -0.15) is 0 Å². The molecule has 0 bridgehead atoms. The van der Waals surface area contributed by atoms with Crippen LogP contribution < -0.4 is 5.43 Å². The topological polar surface area (TPSA) is 35.6 Å². The third kappa shape index (κ3) is 3.30. The summed E-state index contributed by atoms with van der Waals surface area (Å²) in [5.41, 5.74) is 3.35. The van der Waals surface area contributed by atoms with Crippen molar-refractivity contribution in [1.82, 2.24) is 15.3 Å². The molecule has 1 fully saturated rings. The van der Waals surface area contributed by atoms with Gasteiger partial charge in [-0.1, -0.05) is 6.08 Å². The SMILES string of the molecule is CCN(CC)C(=O)/C=C/C1C(C)NN(C)C1C. The fourth-order valence-electron chi connectivity index (χ4n) is 2.36. The zero-order valence-corrected chi connectivity index (χ0v) is 11.6. The van der Waals surface area contributed by atoms with Gasteiger partial charge in [0.15, 0.2) is 0 Å². The Morgan fingerprint density at radius 2 is 1.94 bits per heavy atom. The zero-order valence-electron chi connectivity index (χ0n) is 11.6. The van der Waals surface area contributed by atoms with E-state index in [9.17, 15) is 4.79 Å². The molecule has 1 aliphatic heterocycles. The van der Waals surface area contributed by atoms with Crippen LogP contribution in [0.1, 0.15) is 27.7 Å². The van der Waals surface area contributed by atoms with Crippen LogP contribution in [0.4, 0.5) is 0 Å². The molecule has 98 valence electrons. The van der Waals surface area contributed by atoms with Gasteiger partial charge in [-0.3, -0.25) is 10.2 Å². The third-order valence-corrected chi connectivity index (χ3v) is 3.69. The van der Waals surface area contributed by atoms with Crippen LogP contribution in [0.3, 0.4) is 0 Å². The fraction of sp³-hybridized carbons (Fsp3) is 0.769. The second kappa shape index (κ2) is 6.17. The molecule has 0 saturated carbocycles. The van der Waals surface area contributed by atoms with Gasteiger partial charge < -0.3 is 4.90 Å². The van der Waals surface area contributed by atoms with Gasteiger partial charge in [-0.25, -0.2) is 5.01 Å². The van der Waals surface area contributed by atoms with E-state index < -0.39 is 0 Å². The lowest BCUT2D eigenvalue weighted by molar-refractivity contribution is -0.125. The molecule has 0 aliphatic carbocycles. The first-order valence-electron chi connectivity index (χ1n) is 6.47. The Kier molecular flexibility index (Phi) is 5.15. The molecule has 3 atom stereocenters. The Labute approximate surface area is 105 Å². The van der Waals surface area contributed by atoms with Crippen LogP contribution in [0.15, 0.2) is 12.2 Å². The molecule has 0 aromatic rings. The normalized spacial score (nSPS) is 30.1. The van der Waals surface area contributed by atoms with E-state index >= 15 is 0 Å². The van der Waals surface area contributed by atoms with E-state index in [2.05, 4.69) is 24.3 Å². The summed E-state index contributed by atoms with van der Waals surface area (Å²) in [5.74, 6) is 0.503. The Balaban J connectivity index is 2.61. The van der Waals surface area contributed by atoms with Crippen molar-refractivity contribution in [2.45, 2.75) is 39.8 Å². The number of amides is 1. The number of hydrazine groups is 1. The van der Waals surface area contributed by atoms with Crippen molar-refractivity contribution < 1.29 is 4.79 Å². The summed E-state index contributed by atoms with van der Waals surface area (Å²) in [6, 6.07) is 0.807. The average Bonchev–Trinajstić information content (AvgIpc) is 2.53. The van der Waals surface area contributed by atoms with E-state index in [1.165, 1.54) is 0 Å². The van der Waals surface area contributed by atoms with Crippen LogP contribution in [-0.2, 0) is 4.79 Å². The van der Waals surface area contributed by atoms with E-state index in [0.717, 1.165) is 13.1 Å². The average molecular weight is 239 g/mol. The number of likely N-dealkylation sites (N-methyl/N-ethyl adjacent to an activating group) is 1. The molecular weight excluding hydrogens is 214 g/mol. The minimum absolute atomic E-state index is 0.115. The molecule has 0 radical (unpaired) electrons. The standard InChI is InChI=1S/C13H25N3O/c1-6-16(7-2)13(17)9-8-12-10(3)14-15(5)11(12)4/h8-12,14H,6-7H2,1-5H3/b9-8+. The van der Waals surface area contributed by atoms with Crippen molar-refractivity contribution in [3.8, 4) is 0 Å². The van der Waals surface area contributed by atoms with Gasteiger partial charge in [0, 0.05) is 38.1 Å². The molecule has 1 heterocycles. The first-order valence-corrected chi connectivity index (χ1v) is 6.47. The molecule has 0 spiro atoms. The third-order valence-electron chi connectivity index (χ3n) is 3.69. The summed E-state index contributed by atoms with van der Waals surface area (Å²) in [5, 5.41) is 2.11. The Morgan fingerprint density at radius 1 is 1.35 bits per heavy atom. The molecule has 1 rings (SSSR count). The van der Waals surface area contributed by atoms with Crippen LogP contribution in [0.25, 0.3) is 0 Å². The smallest absolute Gasteiger partial charge is 0.246 e. The maximum absolute atomic E-state index is 11.9. The van der Waals surface area contributed by atoms with Gasteiger partial charge in [0.05, 0.1) is 0 Å². The first kappa shape index (κ1) is 14.2. The maximum Gasteiger partial charge on any atom is 0.246 e. The van der Waals surface area contributed by atoms with Crippen molar-refractivity contribution in [3.63, 3.8) is 0 Å². The Morgan fingerprint density at radius 3 is 2.35 bits per heavy atom. The quantitative estimate of drug-likeness (QED) is 0.750. The van der Waals surface area contributed by atoms with Crippen molar-refractivity contribution in [2.75, 3.05) is 20.1 Å². The highest BCUT2D eigenvalue weighted by atomic mass is 16.2. The van der Waals surface area contributed by atoms with Crippen LogP contribution >= 0.6 is 0 Å². The first-order chi connectivity index (χ1) is 8.01. The predicted molar refractivity (Wildman–Crippen MR) is 70.4 cm³/mol. The van der Waals surface area contributed by atoms with Gasteiger partial charge in [0.25, 0.3) is 0 Å². The largest absolute Gasteiger partial charge is 0.340 e. The van der Waals surface area contributed by atoms with Crippen molar-refractivity contribution in [3.05, 3.63) is 12.2 Å². The van der Waals surface area contributed by atoms with Gasteiger partial charge in [-0.05, 0) is 33.8 Å². The summed E-state index contributed by atoms with van der Waals surface area (Å²) >= 11 is 0. The lowest BCUT2D eigenvalue weighted by Crippen LogP contribution is -2.33. The molecule has 1 N–H and O–H groups in total. The number of hydrogen-bond donors (Lipinski definition) is 1. The molecule has 4 nitrogen and oxygen atoms in total. The van der Waals surface area contributed by atoms with Crippen LogP contribution in [0, 0.1) is 5.92 Å². The lowest BCUT2D eigenvalue weighted by Gasteiger charge is -2.18. The van der Waals surface area contributed by atoms with Gasteiger partial charge >= 0.3 is 0 Å². The molecule has 17 heavy (non-hydrogen) atoms. The van der Waals surface area contributed by atoms with Gasteiger partial charge in [-0.15, -0.1) is 0 Å². The summed E-state index contributed by atoms with van der Waals surface area (Å²) in [6.45, 7) is 9.88. The van der Waals surface area contributed by atoms with Gasteiger partial charge in [0.2, 0.25) is 5.91 Å². The van der Waals surface area contributed by atoms with Crippen molar-refractivity contribution >= 4 is 5.91 Å². The number of hydrogen-bond acceptors (Lipinski definition) is 3. The van der Waals surface area contributed by atoms with E-state index in [4.69, 9.17) is 0 Å². The Bertz CT molecular complexity index is 286. The minimum atomic E-state index is 0.115. The molecule has 1 aliphatic rings. The van der Waals surface area contributed by atoms with Crippen LogP contribution in [0.2, 0.25) is 0 Å². The van der Waals surface area contributed by atoms with Gasteiger partial charge in [0.1, 0.15) is 0 Å². The summed E-state index contributed by atoms with van der Waals surface area (Å²) in [4.78, 5) is 13.7. The molecule has 1 amide bonds. The van der Waals surface area contributed by atoms with E-state index in [1.807, 2.05) is 31.9 Å². The zero-order chi connectivity index (χ0) is 13.0. The molecule has 0 aromatic carbocycles. The van der Waals surface area contributed by atoms with E-state index in [0.29, 0.717) is 18.0 Å². The maximum atomic E-state index is 11.9. The number of carbonyl (C=O) groups is 1. The molecule has 3 unspecified atom stereocenters. The fourth-order valence-corrected chi connectivity index (χ4v) is 2.36. The number of rotatable bonds is 4. The second-order valence-electron chi connectivity index (χ2n) is 4.72. The summed E-state index contributed by atoms with van der Waals surface area (Å²) in [6.07, 6.45) is 3.78. The van der Waals surface area contributed by atoms with Crippen LogP contribution in [0.5, 0.6) is 0 Å². The Hall–Kier alpha value is -0.870. The van der Waals surface area contributed by atoms with E-state index in [-0.39, 0.29) is 5.91 Å². The highest BCUT2D eigenvalue weighted by Crippen LogP contribution is 2.21. The minimum Gasteiger partial charge on any atom is -0.340 e. The number of carbonyl (C=O) groups excluding carboxylic acids is 1. The van der Waals surface area contributed by atoms with Crippen molar-refractivity contribution in [2.24, 2.45) is 5.92 Å². The number of nitrogens with one attached hydrogen (secondary N) is 1. The molecule has 1 saturated heterocycles. The highest BCUT2D eigenvalue weighted by Gasteiger charge is 2.32. The number of nitrogens with zero attached hydrogens (tertiary/aromatic N) is 2. The van der Waals surface area contributed by atoms with Crippen molar-refractivity contribution in [1.29, 1.82) is 0 Å². The predicted octanol–water partition coefficient (Wildman–Crippen LogP) is 1.25. The molecule has 4 heteroatoms.